The molecule has 0 fully saturated rings. The minimum absolute atomic E-state index is 0.0498. The zero-order chi connectivity index (χ0) is 27.9. The lowest BCUT2D eigenvalue weighted by Crippen LogP contribution is -2.38. The third kappa shape index (κ3) is 7.78. The summed E-state index contributed by atoms with van der Waals surface area (Å²) in [5, 5.41) is 6.36. The maximum Gasteiger partial charge on any atom is 0.433 e. The first-order valence-corrected chi connectivity index (χ1v) is 11.8. The van der Waals surface area contributed by atoms with Crippen LogP contribution < -0.4 is 20.1 Å². The van der Waals surface area contributed by atoms with Crippen LogP contribution in [0.15, 0.2) is 60.8 Å². The molecule has 0 radical (unpaired) electrons. The molecule has 0 spiro atoms. The third-order valence-electron chi connectivity index (χ3n) is 5.72. The first-order valence-electron chi connectivity index (χ1n) is 11.4. The van der Waals surface area contributed by atoms with E-state index in [1.165, 1.54) is 32.4 Å². The number of amides is 1. The first kappa shape index (κ1) is 29.1. The number of halogens is 6. The highest BCUT2D eigenvalue weighted by Gasteiger charge is 2.32. The third-order valence-corrected chi connectivity index (χ3v) is 5.97. The van der Waals surface area contributed by atoms with Crippen LogP contribution in [0.25, 0.3) is 0 Å². The SMILES string of the molecule is CNC(=O)C(NC(CCc1ccc(C(F)(F)F)nc1)c1ccc(OC(F)F)c(OC)c1)c1ccc(Cl)cc1. The number of nitrogens with one attached hydrogen (secondary N) is 2. The van der Waals surface area contributed by atoms with Gasteiger partial charge in [-0.1, -0.05) is 35.9 Å². The molecular formula is C26H25ClF5N3O3. The Morgan fingerprint density at radius 2 is 1.71 bits per heavy atom. The van der Waals surface area contributed by atoms with Gasteiger partial charge in [0.25, 0.3) is 0 Å². The lowest BCUT2D eigenvalue weighted by Gasteiger charge is -2.26. The van der Waals surface area contributed by atoms with Crippen molar-refractivity contribution in [1.29, 1.82) is 0 Å². The monoisotopic (exact) mass is 557 g/mol. The van der Waals surface area contributed by atoms with Crippen molar-refractivity contribution < 1.29 is 36.2 Å². The summed E-state index contributed by atoms with van der Waals surface area (Å²) in [6, 6.07) is 11.9. The maximum absolute atomic E-state index is 12.9. The summed E-state index contributed by atoms with van der Waals surface area (Å²) >= 11 is 6.00. The minimum atomic E-state index is -4.56. The molecule has 2 atom stereocenters. The lowest BCUT2D eigenvalue weighted by molar-refractivity contribution is -0.141. The van der Waals surface area contributed by atoms with E-state index in [2.05, 4.69) is 20.4 Å². The molecule has 0 aliphatic carbocycles. The van der Waals surface area contributed by atoms with Crippen molar-refractivity contribution in [2.75, 3.05) is 14.2 Å². The van der Waals surface area contributed by atoms with Crippen LogP contribution in [0.2, 0.25) is 5.02 Å². The fourth-order valence-electron chi connectivity index (χ4n) is 3.82. The van der Waals surface area contributed by atoms with Gasteiger partial charge in [0.15, 0.2) is 11.5 Å². The Bertz CT molecular complexity index is 1210. The molecule has 2 aromatic carbocycles. The van der Waals surface area contributed by atoms with Crippen LogP contribution >= 0.6 is 11.6 Å². The smallest absolute Gasteiger partial charge is 0.433 e. The Hall–Kier alpha value is -3.44. The molecule has 1 amide bonds. The predicted octanol–water partition coefficient (Wildman–Crippen LogP) is 6.11. The number of hydrogen-bond donors (Lipinski definition) is 2. The molecule has 38 heavy (non-hydrogen) atoms. The van der Waals surface area contributed by atoms with Crippen molar-refractivity contribution in [3.8, 4) is 11.5 Å². The molecule has 0 bridgehead atoms. The Morgan fingerprint density at radius 1 is 1.03 bits per heavy atom. The standard InChI is InChI=1S/C26H25ClF5N3O3/c1-33-24(36)23(16-5-8-18(27)9-6-16)35-19(10-3-15-4-12-22(34-14-15)26(30,31)32)17-7-11-20(38-25(28)29)21(13-17)37-2/h4-9,11-14,19,23,25,35H,3,10H2,1-2H3,(H,33,36). The maximum atomic E-state index is 12.9. The van der Waals surface area contributed by atoms with Gasteiger partial charge in [0.05, 0.1) is 7.11 Å². The van der Waals surface area contributed by atoms with Crippen LogP contribution in [-0.2, 0) is 17.4 Å². The highest BCUT2D eigenvalue weighted by Crippen LogP contribution is 2.34. The molecule has 3 aromatic rings. The summed E-state index contributed by atoms with van der Waals surface area (Å²) < 4.78 is 74.0. The number of methoxy groups -OCH3 is 1. The Morgan fingerprint density at radius 3 is 2.26 bits per heavy atom. The van der Waals surface area contributed by atoms with E-state index in [1.54, 1.807) is 30.3 Å². The van der Waals surface area contributed by atoms with E-state index in [9.17, 15) is 26.7 Å². The number of alkyl halides is 5. The zero-order valence-corrected chi connectivity index (χ0v) is 21.1. The first-order chi connectivity index (χ1) is 18.0. The van der Waals surface area contributed by atoms with Crippen molar-refractivity contribution in [3.05, 3.63) is 88.2 Å². The number of carbonyl (C=O) groups is 1. The summed E-state index contributed by atoms with van der Waals surface area (Å²) in [4.78, 5) is 16.3. The van der Waals surface area contributed by atoms with E-state index < -0.39 is 30.6 Å². The molecule has 6 nitrogen and oxygen atoms in total. The van der Waals surface area contributed by atoms with Crippen molar-refractivity contribution in [1.82, 2.24) is 15.6 Å². The van der Waals surface area contributed by atoms with E-state index >= 15 is 0 Å². The van der Waals surface area contributed by atoms with Crippen LogP contribution in [0.5, 0.6) is 11.5 Å². The van der Waals surface area contributed by atoms with Gasteiger partial charge < -0.3 is 14.8 Å². The average Bonchev–Trinajstić information content (AvgIpc) is 2.89. The minimum Gasteiger partial charge on any atom is -0.493 e. The lowest BCUT2D eigenvalue weighted by atomic mass is 9.96. The van der Waals surface area contributed by atoms with Crippen molar-refractivity contribution in [2.24, 2.45) is 0 Å². The second kappa shape index (κ2) is 12.9. The van der Waals surface area contributed by atoms with Gasteiger partial charge >= 0.3 is 12.8 Å². The molecule has 12 heteroatoms. The Labute approximate surface area is 221 Å². The van der Waals surface area contributed by atoms with Gasteiger partial charge in [-0.05, 0) is 59.9 Å². The van der Waals surface area contributed by atoms with Gasteiger partial charge in [0, 0.05) is 24.3 Å². The Balaban J connectivity index is 1.94. The van der Waals surface area contributed by atoms with Gasteiger partial charge in [-0.2, -0.15) is 22.0 Å². The highest BCUT2D eigenvalue weighted by atomic mass is 35.5. The number of hydrogen-bond acceptors (Lipinski definition) is 5. The number of likely N-dealkylation sites (N-methyl/N-ethyl adjacent to an activating group) is 1. The number of ether oxygens (including phenoxy) is 2. The normalized spacial score (nSPS) is 13.2. The Kier molecular flexibility index (Phi) is 9.87. The summed E-state index contributed by atoms with van der Waals surface area (Å²) in [7, 11) is 2.78. The fraction of sp³-hybridized carbons (Fsp3) is 0.308. The highest BCUT2D eigenvalue weighted by molar-refractivity contribution is 6.30. The predicted molar refractivity (Wildman–Crippen MR) is 131 cm³/mol. The second-order valence-corrected chi connectivity index (χ2v) is 8.63. The summed E-state index contributed by atoms with van der Waals surface area (Å²) in [6.45, 7) is -3.06. The van der Waals surface area contributed by atoms with E-state index in [4.69, 9.17) is 16.3 Å². The molecule has 2 unspecified atom stereocenters. The van der Waals surface area contributed by atoms with E-state index in [0.29, 0.717) is 34.6 Å². The van der Waals surface area contributed by atoms with Gasteiger partial charge in [0.2, 0.25) is 5.91 Å². The van der Waals surface area contributed by atoms with Gasteiger partial charge in [-0.15, -0.1) is 0 Å². The molecule has 0 aliphatic heterocycles. The molecule has 0 saturated carbocycles. The van der Waals surface area contributed by atoms with Gasteiger partial charge in [0.1, 0.15) is 11.7 Å². The van der Waals surface area contributed by atoms with Crippen LogP contribution in [0.1, 0.15) is 40.9 Å². The number of aromatic nitrogens is 1. The quantitative estimate of drug-likeness (QED) is 0.278. The van der Waals surface area contributed by atoms with Crippen LogP contribution in [0.4, 0.5) is 22.0 Å². The fourth-order valence-corrected chi connectivity index (χ4v) is 3.94. The van der Waals surface area contributed by atoms with Crippen LogP contribution in [-0.4, -0.2) is 31.7 Å². The van der Waals surface area contributed by atoms with Crippen LogP contribution in [0.3, 0.4) is 0 Å². The van der Waals surface area contributed by atoms with E-state index in [-0.39, 0.29) is 17.4 Å². The molecule has 0 saturated heterocycles. The van der Waals surface area contributed by atoms with Crippen LogP contribution in [0, 0.1) is 0 Å². The summed E-state index contributed by atoms with van der Waals surface area (Å²) in [5.41, 5.74) is 0.723. The zero-order valence-electron chi connectivity index (χ0n) is 20.4. The van der Waals surface area contributed by atoms with Gasteiger partial charge in [-0.25, -0.2) is 0 Å². The van der Waals surface area contributed by atoms with Crippen molar-refractivity contribution in [2.45, 2.75) is 37.7 Å². The largest absolute Gasteiger partial charge is 0.493 e. The van der Waals surface area contributed by atoms with E-state index in [0.717, 1.165) is 12.3 Å². The number of carbonyl (C=O) groups excluding carboxylic acids is 1. The number of nitrogens with zero attached hydrogens (tertiary/aromatic N) is 1. The molecule has 3 rings (SSSR count). The second-order valence-electron chi connectivity index (χ2n) is 8.19. The summed E-state index contributed by atoms with van der Waals surface area (Å²) in [6.07, 6.45) is -2.80. The summed E-state index contributed by atoms with van der Waals surface area (Å²) in [5.74, 6) is -0.468. The molecule has 1 heterocycles. The number of rotatable bonds is 11. The molecular weight excluding hydrogens is 533 g/mol. The van der Waals surface area contributed by atoms with Gasteiger partial charge in [-0.3, -0.25) is 15.1 Å². The number of aryl methyl sites for hydroxylation is 1. The van der Waals surface area contributed by atoms with Crippen molar-refractivity contribution >= 4 is 17.5 Å². The average molecular weight is 558 g/mol. The molecule has 1 aromatic heterocycles. The van der Waals surface area contributed by atoms with E-state index in [1.807, 2.05) is 0 Å². The molecule has 0 aliphatic rings. The topological polar surface area (TPSA) is 72.5 Å². The number of benzene rings is 2. The number of pyridine rings is 1. The molecule has 2 N–H and O–H groups in total. The molecule has 204 valence electrons. The van der Waals surface area contributed by atoms with Crippen molar-refractivity contribution in [3.63, 3.8) is 0 Å².